The molecule has 152 valence electrons. The lowest BCUT2D eigenvalue weighted by Gasteiger charge is -2.03. The third-order valence-corrected chi connectivity index (χ3v) is 6.35. The van der Waals surface area contributed by atoms with Gasteiger partial charge in [0.05, 0.1) is 27.2 Å². The van der Waals surface area contributed by atoms with Gasteiger partial charge in [0.1, 0.15) is 5.69 Å². The number of nitrogens with zero attached hydrogens (tertiary/aromatic N) is 2. The van der Waals surface area contributed by atoms with Crippen LogP contribution in [0.3, 0.4) is 0 Å². The van der Waals surface area contributed by atoms with Gasteiger partial charge in [0.25, 0.3) is 5.91 Å². The molecule has 2 aromatic heterocycles. The molecule has 30 heavy (non-hydrogen) atoms. The molecule has 9 nitrogen and oxygen atoms in total. The molecule has 0 bridgehead atoms. The number of carbonyl (C=O) groups excluding carboxylic acids is 1. The van der Waals surface area contributed by atoms with Crippen molar-refractivity contribution in [3.8, 4) is 0 Å². The summed E-state index contributed by atoms with van der Waals surface area (Å²) >= 11 is 0. The molecule has 4 aromatic rings. The fourth-order valence-corrected chi connectivity index (χ4v) is 3.96. The second-order valence-electron chi connectivity index (χ2n) is 6.53. The first-order valence-electron chi connectivity index (χ1n) is 8.94. The lowest BCUT2D eigenvalue weighted by Crippen LogP contribution is -2.14. The molecule has 0 unspecified atom stereocenters. The summed E-state index contributed by atoms with van der Waals surface area (Å²) in [6.45, 7) is 1.47. The second kappa shape index (κ2) is 7.23. The second-order valence-corrected chi connectivity index (χ2v) is 8.81. The van der Waals surface area contributed by atoms with Crippen molar-refractivity contribution in [1.82, 2.24) is 15.0 Å². The number of hydrogen-bond acceptors (Lipinski definition) is 6. The first-order chi connectivity index (χ1) is 14.3. The molecule has 0 saturated carbocycles. The van der Waals surface area contributed by atoms with E-state index in [1.807, 2.05) is 24.3 Å². The first-order valence-corrected chi connectivity index (χ1v) is 10.6. The van der Waals surface area contributed by atoms with Crippen molar-refractivity contribution in [2.75, 3.05) is 11.1 Å². The van der Waals surface area contributed by atoms with Crippen LogP contribution in [0.5, 0.6) is 0 Å². The highest BCUT2D eigenvalue weighted by molar-refractivity contribution is 7.91. The van der Waals surface area contributed by atoms with E-state index >= 15 is 0 Å². The molecule has 4 rings (SSSR count). The Bertz CT molecular complexity index is 1430. The number of carboxylic acid groups (broad SMARTS) is 1. The highest BCUT2D eigenvalue weighted by atomic mass is 32.2. The number of sulfone groups is 1. The van der Waals surface area contributed by atoms with Gasteiger partial charge >= 0.3 is 5.97 Å². The van der Waals surface area contributed by atoms with E-state index in [-0.39, 0.29) is 38.9 Å². The van der Waals surface area contributed by atoms with Gasteiger partial charge in [-0.25, -0.2) is 18.2 Å². The smallest absolute Gasteiger partial charge is 0.337 e. The highest BCUT2D eigenvalue weighted by Crippen LogP contribution is 2.25. The number of imidazole rings is 1. The lowest BCUT2D eigenvalue weighted by atomic mass is 10.1. The van der Waals surface area contributed by atoms with Crippen molar-refractivity contribution < 1.29 is 23.1 Å². The third-order valence-electron chi connectivity index (χ3n) is 4.63. The summed E-state index contributed by atoms with van der Waals surface area (Å²) in [6.07, 6.45) is 1.58. The van der Waals surface area contributed by atoms with Crippen LogP contribution in [0.15, 0.2) is 53.6 Å². The minimum absolute atomic E-state index is 0.0153. The van der Waals surface area contributed by atoms with Gasteiger partial charge in [-0.1, -0.05) is 31.2 Å². The zero-order valence-corrected chi connectivity index (χ0v) is 16.5. The zero-order valence-electron chi connectivity index (χ0n) is 15.7. The van der Waals surface area contributed by atoms with Crippen LogP contribution >= 0.6 is 0 Å². The van der Waals surface area contributed by atoms with Crippen LogP contribution in [0.4, 0.5) is 5.95 Å². The monoisotopic (exact) mass is 424 g/mol. The normalized spacial score (nSPS) is 11.6. The van der Waals surface area contributed by atoms with Crippen molar-refractivity contribution >= 4 is 49.5 Å². The van der Waals surface area contributed by atoms with Crippen molar-refractivity contribution in [3.63, 3.8) is 0 Å². The molecule has 0 aliphatic heterocycles. The number of aromatic nitrogens is 3. The molecule has 0 radical (unpaired) electrons. The molecular formula is C20H16N4O5S. The van der Waals surface area contributed by atoms with E-state index in [2.05, 4.69) is 20.3 Å². The van der Waals surface area contributed by atoms with Gasteiger partial charge in [-0.15, -0.1) is 0 Å². The summed E-state index contributed by atoms with van der Waals surface area (Å²) in [5.74, 6) is -2.05. The molecule has 0 fully saturated rings. The van der Waals surface area contributed by atoms with E-state index in [1.54, 1.807) is 12.3 Å². The molecule has 0 aliphatic carbocycles. The molecule has 2 heterocycles. The molecule has 0 spiro atoms. The molecule has 0 atom stereocenters. The average molecular weight is 424 g/mol. The van der Waals surface area contributed by atoms with E-state index in [9.17, 15) is 23.1 Å². The molecule has 2 aromatic carbocycles. The van der Waals surface area contributed by atoms with Gasteiger partial charge in [-0.05, 0) is 23.6 Å². The largest absolute Gasteiger partial charge is 0.478 e. The van der Waals surface area contributed by atoms with Crippen molar-refractivity contribution in [1.29, 1.82) is 0 Å². The maximum absolute atomic E-state index is 12.6. The Balaban J connectivity index is 1.73. The van der Waals surface area contributed by atoms with Gasteiger partial charge in [0, 0.05) is 11.6 Å². The van der Waals surface area contributed by atoms with E-state index < -0.39 is 21.7 Å². The van der Waals surface area contributed by atoms with Gasteiger partial charge in [0.15, 0.2) is 9.84 Å². The van der Waals surface area contributed by atoms with E-state index in [4.69, 9.17) is 0 Å². The lowest BCUT2D eigenvalue weighted by molar-refractivity contribution is 0.0698. The van der Waals surface area contributed by atoms with Gasteiger partial charge in [0.2, 0.25) is 5.95 Å². The number of amides is 1. The van der Waals surface area contributed by atoms with Crippen LogP contribution in [-0.4, -0.2) is 46.1 Å². The fourth-order valence-electron chi connectivity index (χ4n) is 3.04. The highest BCUT2D eigenvalue weighted by Gasteiger charge is 2.21. The number of carbonyl (C=O) groups is 2. The molecule has 0 saturated heterocycles. The molecule has 3 N–H and O–H groups in total. The summed E-state index contributed by atoms with van der Waals surface area (Å²) in [6, 6.07) is 11.4. The maximum Gasteiger partial charge on any atom is 0.337 e. The third kappa shape index (κ3) is 3.48. The van der Waals surface area contributed by atoms with Crippen LogP contribution < -0.4 is 5.32 Å². The predicted octanol–water partition coefficient (Wildman–Crippen LogP) is 2.86. The molecule has 0 aliphatic rings. The maximum atomic E-state index is 12.6. The van der Waals surface area contributed by atoms with Gasteiger partial charge < -0.3 is 10.1 Å². The Morgan fingerprint density at radius 1 is 1.13 bits per heavy atom. The Hall–Kier alpha value is -3.79. The van der Waals surface area contributed by atoms with Crippen LogP contribution in [0, 0.1) is 0 Å². The minimum atomic E-state index is -3.64. The standard InChI is InChI=1S/C20H16N4O5S/c1-2-30(28,29)13-8-14(19(26)27)17-15(9-13)22-20(23-17)24-18(25)16-7-11-5-3-4-6-12(11)10-21-16/h3-10H,2H2,1H3,(H,26,27)(H2,22,23,24,25). The summed E-state index contributed by atoms with van der Waals surface area (Å²) in [7, 11) is -3.64. The van der Waals surface area contributed by atoms with Crippen LogP contribution in [0.25, 0.3) is 21.8 Å². The number of anilines is 1. The Kier molecular flexibility index (Phi) is 4.70. The Morgan fingerprint density at radius 3 is 2.57 bits per heavy atom. The van der Waals surface area contributed by atoms with E-state index in [0.29, 0.717) is 0 Å². The number of nitrogens with one attached hydrogen (secondary N) is 2. The SMILES string of the molecule is CCS(=O)(=O)c1cc(C(=O)O)c2[nH]c(NC(=O)c3cc4ccccc4cn3)nc2c1. The zero-order chi connectivity index (χ0) is 21.5. The minimum Gasteiger partial charge on any atom is -0.478 e. The topological polar surface area (TPSA) is 142 Å². The Labute approximate surface area is 170 Å². The van der Waals surface area contributed by atoms with Crippen molar-refractivity contribution in [2.24, 2.45) is 0 Å². The number of aromatic carboxylic acids is 1. The van der Waals surface area contributed by atoms with Gasteiger partial charge in [-0.2, -0.15) is 0 Å². The Morgan fingerprint density at radius 2 is 1.87 bits per heavy atom. The van der Waals surface area contributed by atoms with Crippen LogP contribution in [0.2, 0.25) is 0 Å². The number of aromatic amines is 1. The summed E-state index contributed by atoms with van der Waals surface area (Å²) in [4.78, 5) is 35.1. The van der Waals surface area contributed by atoms with Crippen LogP contribution in [0.1, 0.15) is 27.8 Å². The molecular weight excluding hydrogens is 408 g/mol. The number of fused-ring (bicyclic) bond motifs is 2. The number of H-pyrrole nitrogens is 1. The first kappa shape index (κ1) is 19.5. The van der Waals surface area contributed by atoms with Gasteiger partial charge in [-0.3, -0.25) is 15.1 Å². The van der Waals surface area contributed by atoms with E-state index in [1.165, 1.54) is 13.0 Å². The van der Waals surface area contributed by atoms with Crippen molar-refractivity contribution in [3.05, 3.63) is 59.9 Å². The average Bonchev–Trinajstić information content (AvgIpc) is 3.14. The quantitative estimate of drug-likeness (QED) is 0.447. The summed E-state index contributed by atoms with van der Waals surface area (Å²) in [5.41, 5.74) is 0.126. The summed E-state index contributed by atoms with van der Waals surface area (Å²) < 4.78 is 24.4. The summed E-state index contributed by atoms with van der Waals surface area (Å²) in [5, 5.41) is 13.7. The number of hydrogen-bond donors (Lipinski definition) is 3. The predicted molar refractivity (Wildman–Crippen MR) is 110 cm³/mol. The van der Waals surface area contributed by atoms with Crippen LogP contribution in [-0.2, 0) is 9.84 Å². The number of carboxylic acids is 1. The molecule has 10 heteroatoms. The number of rotatable bonds is 5. The number of benzene rings is 2. The molecule has 1 amide bonds. The number of pyridine rings is 1. The van der Waals surface area contributed by atoms with E-state index in [0.717, 1.165) is 16.8 Å². The fraction of sp³-hybridized carbons (Fsp3) is 0.100. The van der Waals surface area contributed by atoms with Crippen molar-refractivity contribution in [2.45, 2.75) is 11.8 Å².